The molecule has 0 N–H and O–H groups in total. The van der Waals surface area contributed by atoms with Gasteiger partial charge in [-0.2, -0.15) is 65.9 Å². The van der Waals surface area contributed by atoms with Crippen LogP contribution in [0.5, 0.6) is 0 Å². The van der Waals surface area contributed by atoms with Crippen LogP contribution in [0.2, 0.25) is 0 Å². The highest BCUT2D eigenvalue weighted by Gasteiger charge is 2.55. The molecule has 0 spiro atoms. The third kappa shape index (κ3) is 12.1. The van der Waals surface area contributed by atoms with E-state index in [2.05, 4.69) is 23.7 Å². The Morgan fingerprint density at radius 1 is 0.463 bits per heavy atom. The first-order chi connectivity index (χ1) is 18.0. The number of carbonyl (C=O) groups is 5. The Bertz CT molecular complexity index is 977. The van der Waals surface area contributed by atoms with Crippen LogP contribution in [0.25, 0.3) is 0 Å². The molecule has 0 aliphatic heterocycles. The van der Waals surface area contributed by atoms with Crippen LogP contribution in [0.4, 0.5) is 65.9 Å². The minimum Gasteiger partial charge on any atom is -0.455 e. The van der Waals surface area contributed by atoms with Crippen LogP contribution in [-0.4, -0.2) is 91.8 Å². The van der Waals surface area contributed by atoms with Crippen molar-refractivity contribution in [1.82, 2.24) is 0 Å². The van der Waals surface area contributed by atoms with Crippen molar-refractivity contribution in [2.45, 2.75) is 62.2 Å². The molecule has 10 nitrogen and oxygen atoms in total. The second kappa shape index (κ2) is 12.9. The smallest absolute Gasteiger partial charge is 0.455 e. The van der Waals surface area contributed by atoms with Crippen LogP contribution in [0, 0.1) is 0 Å². The lowest BCUT2D eigenvalue weighted by Crippen LogP contribution is -2.55. The van der Waals surface area contributed by atoms with Crippen molar-refractivity contribution in [2.24, 2.45) is 0 Å². The minimum atomic E-state index is -6.32. The van der Waals surface area contributed by atoms with E-state index in [9.17, 15) is 89.8 Å². The second-order valence-corrected chi connectivity index (χ2v) is 6.88. The van der Waals surface area contributed by atoms with E-state index in [1.807, 2.05) is 0 Å². The SMILES string of the molecule is C[C@H](OC(=O)C(F)(F)F)[C@H](OC(=O)C(F)(F)F)[C@@H](OC(=O)C(F)(F)F)[C@H](COC(=O)C(F)(F)F)OC(=O)C(F)(F)F. The highest BCUT2D eigenvalue weighted by atomic mass is 19.4. The Labute approximate surface area is 213 Å². The largest absolute Gasteiger partial charge is 0.490 e. The zero-order chi connectivity index (χ0) is 32.9. The predicted molar refractivity (Wildman–Crippen MR) is 86.4 cm³/mol. The van der Waals surface area contributed by atoms with Gasteiger partial charge < -0.3 is 23.7 Å². The monoisotopic (exact) mass is 646 g/mol. The van der Waals surface area contributed by atoms with Gasteiger partial charge in [-0.25, -0.2) is 24.0 Å². The molecule has 0 aromatic heterocycles. The quantitative estimate of drug-likeness (QED) is 0.209. The molecule has 0 aromatic rings. The molecule has 0 fully saturated rings. The summed E-state index contributed by atoms with van der Waals surface area (Å²) in [7, 11) is 0. The first-order valence-corrected chi connectivity index (χ1v) is 9.34. The summed E-state index contributed by atoms with van der Waals surface area (Å²) in [6, 6.07) is 0. The van der Waals surface area contributed by atoms with Gasteiger partial charge in [0.05, 0.1) is 0 Å². The standard InChI is InChI=1S/C16H9F15O10/c1-3(38-8(33)13(20,21)22)5(40-10(35)15(26,27)28)6(41-11(36)16(29,30)31)4(39-9(34)14(23,24)25)2-37-7(32)12(17,18)19/h3-6H,2H2,1H3/t3-,4-,5-,6-/m0/s1. The molecule has 0 amide bonds. The molecule has 0 saturated carbocycles. The summed E-state index contributed by atoms with van der Waals surface area (Å²) in [6.45, 7) is -2.66. The number of ether oxygens (including phenoxy) is 5. The maximum atomic E-state index is 12.8. The highest BCUT2D eigenvalue weighted by Crippen LogP contribution is 2.29. The molecule has 0 radical (unpaired) electrons. The van der Waals surface area contributed by atoms with Crippen LogP contribution in [0.3, 0.4) is 0 Å². The number of esters is 5. The number of halogens is 15. The van der Waals surface area contributed by atoms with Crippen molar-refractivity contribution in [3.8, 4) is 0 Å². The summed E-state index contributed by atoms with van der Waals surface area (Å²) in [6.07, 6.45) is -45.7. The second-order valence-electron chi connectivity index (χ2n) is 6.88. The molecular weight excluding hydrogens is 637 g/mol. The fraction of sp³-hybridized carbons (Fsp3) is 0.688. The molecule has 25 heteroatoms. The molecule has 4 atom stereocenters. The van der Waals surface area contributed by atoms with Crippen LogP contribution in [-0.2, 0) is 47.7 Å². The molecule has 0 heterocycles. The summed E-state index contributed by atoms with van der Waals surface area (Å²) in [4.78, 5) is 55.7. The Morgan fingerprint density at radius 3 is 1.10 bits per heavy atom. The average molecular weight is 646 g/mol. The van der Waals surface area contributed by atoms with Crippen LogP contribution in [0.15, 0.2) is 0 Å². The summed E-state index contributed by atoms with van der Waals surface area (Å²) in [5.41, 5.74) is 0. The first kappa shape index (κ1) is 37.3. The normalized spacial score (nSPS) is 16.0. The summed E-state index contributed by atoms with van der Waals surface area (Å²) < 4.78 is 206. The Kier molecular flexibility index (Phi) is 11.7. The number of hydrogen-bond acceptors (Lipinski definition) is 10. The van der Waals surface area contributed by atoms with Gasteiger partial charge in [-0.05, 0) is 6.92 Å². The van der Waals surface area contributed by atoms with E-state index in [0.717, 1.165) is 0 Å². The fourth-order valence-electron chi connectivity index (χ4n) is 2.11. The molecule has 0 aliphatic rings. The molecule has 0 bridgehead atoms. The zero-order valence-corrected chi connectivity index (χ0v) is 18.8. The maximum absolute atomic E-state index is 12.8. The Morgan fingerprint density at radius 2 is 0.756 bits per heavy atom. The van der Waals surface area contributed by atoms with Gasteiger partial charge in [-0.3, -0.25) is 0 Å². The average Bonchev–Trinajstić information content (AvgIpc) is 2.74. The zero-order valence-electron chi connectivity index (χ0n) is 18.8. The Hall–Kier alpha value is -3.70. The van der Waals surface area contributed by atoms with Crippen molar-refractivity contribution < 1.29 is 114 Å². The Balaban J connectivity index is 7.08. The van der Waals surface area contributed by atoms with Crippen molar-refractivity contribution in [3.63, 3.8) is 0 Å². The van der Waals surface area contributed by atoms with Gasteiger partial charge in [0.25, 0.3) is 0 Å². The van der Waals surface area contributed by atoms with E-state index >= 15 is 0 Å². The van der Waals surface area contributed by atoms with E-state index < -0.39 is 91.8 Å². The lowest BCUT2D eigenvalue weighted by atomic mass is 10.0. The fourth-order valence-corrected chi connectivity index (χ4v) is 2.11. The lowest BCUT2D eigenvalue weighted by molar-refractivity contribution is -0.250. The molecule has 238 valence electrons. The van der Waals surface area contributed by atoms with Gasteiger partial charge in [0.15, 0.2) is 18.3 Å². The molecule has 0 unspecified atom stereocenters. The van der Waals surface area contributed by atoms with Gasteiger partial charge >= 0.3 is 60.7 Å². The van der Waals surface area contributed by atoms with Gasteiger partial charge in [-0.1, -0.05) is 0 Å². The lowest BCUT2D eigenvalue weighted by Gasteiger charge is -2.35. The molecule has 0 aliphatic carbocycles. The maximum Gasteiger partial charge on any atom is 0.490 e. The van der Waals surface area contributed by atoms with Crippen molar-refractivity contribution in [2.75, 3.05) is 6.61 Å². The van der Waals surface area contributed by atoms with Gasteiger partial charge in [-0.15, -0.1) is 0 Å². The van der Waals surface area contributed by atoms with Crippen LogP contribution in [0.1, 0.15) is 6.92 Å². The van der Waals surface area contributed by atoms with Crippen molar-refractivity contribution in [3.05, 3.63) is 0 Å². The van der Waals surface area contributed by atoms with Gasteiger partial charge in [0, 0.05) is 0 Å². The van der Waals surface area contributed by atoms with Gasteiger partial charge in [0.2, 0.25) is 0 Å². The summed E-state index contributed by atoms with van der Waals surface area (Å²) in [5, 5.41) is 0. The van der Waals surface area contributed by atoms with E-state index in [1.165, 1.54) is 0 Å². The van der Waals surface area contributed by atoms with Crippen molar-refractivity contribution in [1.29, 1.82) is 0 Å². The number of carbonyl (C=O) groups excluding carboxylic acids is 5. The van der Waals surface area contributed by atoms with E-state index in [0.29, 0.717) is 0 Å². The van der Waals surface area contributed by atoms with Gasteiger partial charge in [0.1, 0.15) is 12.7 Å². The van der Waals surface area contributed by atoms with Crippen molar-refractivity contribution >= 4 is 29.8 Å². The molecular formula is C16H9F15O10. The third-order valence-electron chi connectivity index (χ3n) is 3.73. The molecule has 0 saturated heterocycles. The topological polar surface area (TPSA) is 132 Å². The third-order valence-corrected chi connectivity index (χ3v) is 3.73. The molecule has 41 heavy (non-hydrogen) atoms. The predicted octanol–water partition coefficient (Wildman–Crippen LogP) is 3.01. The van der Waals surface area contributed by atoms with E-state index in [-0.39, 0.29) is 6.92 Å². The highest BCUT2D eigenvalue weighted by molar-refractivity contribution is 5.78. The van der Waals surface area contributed by atoms with E-state index in [1.54, 1.807) is 0 Å². The summed E-state index contributed by atoms with van der Waals surface area (Å²) >= 11 is 0. The van der Waals surface area contributed by atoms with Crippen LogP contribution < -0.4 is 0 Å². The minimum absolute atomic E-state index is 0.0588. The number of rotatable bonds is 9. The molecule has 0 rings (SSSR count). The first-order valence-electron chi connectivity index (χ1n) is 9.34. The summed E-state index contributed by atoms with van der Waals surface area (Å²) in [5.74, 6) is -17.8. The van der Waals surface area contributed by atoms with E-state index in [4.69, 9.17) is 0 Å². The number of hydrogen-bond donors (Lipinski definition) is 0. The van der Waals surface area contributed by atoms with Crippen LogP contribution >= 0.6 is 0 Å². The number of alkyl halides is 15. The molecule has 0 aromatic carbocycles.